The van der Waals surface area contributed by atoms with Crippen LogP contribution in [-0.4, -0.2) is 36.4 Å². The third-order valence-corrected chi connectivity index (χ3v) is 5.12. The van der Waals surface area contributed by atoms with E-state index in [-0.39, 0.29) is 10.6 Å². The van der Waals surface area contributed by atoms with Gasteiger partial charge in [-0.05, 0) is 41.6 Å². The summed E-state index contributed by atoms with van der Waals surface area (Å²) in [6.07, 6.45) is 1.38. The molecule has 0 saturated heterocycles. The van der Waals surface area contributed by atoms with Gasteiger partial charge in [-0.1, -0.05) is 46.6 Å². The molecule has 0 aliphatic heterocycles. The molecule has 0 unspecified atom stereocenters. The van der Waals surface area contributed by atoms with E-state index in [0.29, 0.717) is 32.4 Å². The van der Waals surface area contributed by atoms with Crippen LogP contribution in [0.4, 0.5) is 0 Å². The van der Waals surface area contributed by atoms with Gasteiger partial charge in [-0.3, -0.25) is 0 Å². The van der Waals surface area contributed by atoms with Crippen molar-refractivity contribution in [2.24, 2.45) is 5.16 Å². The zero-order valence-electron chi connectivity index (χ0n) is 15.8. The molecular formula is C20H15Cl2N3O4S. The van der Waals surface area contributed by atoms with Gasteiger partial charge in [0.25, 0.3) is 0 Å². The van der Waals surface area contributed by atoms with Gasteiger partial charge in [0.15, 0.2) is 5.16 Å². The molecule has 154 valence electrons. The number of ether oxygens (including phenoxy) is 2. The van der Waals surface area contributed by atoms with Crippen molar-refractivity contribution < 1.29 is 19.1 Å². The van der Waals surface area contributed by atoms with Crippen LogP contribution in [0.15, 0.2) is 63.7 Å². The number of halogens is 2. The lowest BCUT2D eigenvalue weighted by Gasteiger charge is -2.09. The van der Waals surface area contributed by atoms with Crippen LogP contribution in [0.25, 0.3) is 0 Å². The minimum Gasteiger partial charge on any atom is -0.481 e. The summed E-state index contributed by atoms with van der Waals surface area (Å²) >= 11 is 13.3. The van der Waals surface area contributed by atoms with Crippen molar-refractivity contribution in [1.82, 2.24) is 9.97 Å². The molecule has 0 N–H and O–H groups in total. The number of carbonyl (C=O) groups excluding carboxylic acids is 1. The van der Waals surface area contributed by atoms with Crippen LogP contribution in [0.5, 0.6) is 11.8 Å². The SMILES string of the molecule is COc1cc(OC)nc(Sc2cccc(Cl)c2C(=O)O/N=C/c2cccc(Cl)c2)n1. The number of hydrogen-bond donors (Lipinski definition) is 0. The van der Waals surface area contributed by atoms with Crippen LogP contribution >= 0.6 is 35.0 Å². The molecule has 3 rings (SSSR count). The summed E-state index contributed by atoms with van der Waals surface area (Å²) in [7, 11) is 2.96. The Kier molecular flexibility index (Phi) is 7.51. The van der Waals surface area contributed by atoms with Gasteiger partial charge in [0, 0.05) is 9.92 Å². The van der Waals surface area contributed by atoms with E-state index in [2.05, 4.69) is 15.1 Å². The Labute approximate surface area is 187 Å². The largest absolute Gasteiger partial charge is 0.481 e. The van der Waals surface area contributed by atoms with Crippen molar-refractivity contribution in [3.8, 4) is 11.8 Å². The Hall–Kier alpha value is -2.81. The van der Waals surface area contributed by atoms with Crippen LogP contribution in [0, 0.1) is 0 Å². The van der Waals surface area contributed by atoms with Crippen molar-refractivity contribution in [3.05, 3.63) is 69.7 Å². The van der Waals surface area contributed by atoms with Crippen molar-refractivity contribution in [2.75, 3.05) is 14.2 Å². The molecule has 0 bridgehead atoms. The van der Waals surface area contributed by atoms with Gasteiger partial charge in [-0.15, -0.1) is 0 Å². The molecular weight excluding hydrogens is 449 g/mol. The van der Waals surface area contributed by atoms with E-state index in [0.717, 1.165) is 11.8 Å². The molecule has 0 saturated carbocycles. The van der Waals surface area contributed by atoms with Crippen LogP contribution < -0.4 is 9.47 Å². The van der Waals surface area contributed by atoms with Gasteiger partial charge in [0.2, 0.25) is 11.8 Å². The Morgan fingerprint density at radius 3 is 2.40 bits per heavy atom. The normalized spacial score (nSPS) is 10.8. The molecule has 0 radical (unpaired) electrons. The number of nitrogens with zero attached hydrogens (tertiary/aromatic N) is 3. The van der Waals surface area contributed by atoms with E-state index in [1.165, 1.54) is 20.4 Å². The van der Waals surface area contributed by atoms with E-state index in [1.807, 2.05) is 0 Å². The smallest absolute Gasteiger partial charge is 0.368 e. The lowest BCUT2D eigenvalue weighted by molar-refractivity contribution is 0.0515. The van der Waals surface area contributed by atoms with E-state index in [9.17, 15) is 4.79 Å². The van der Waals surface area contributed by atoms with E-state index < -0.39 is 5.97 Å². The first-order chi connectivity index (χ1) is 14.5. The molecule has 0 spiro atoms. The number of oxime groups is 1. The maximum Gasteiger partial charge on any atom is 0.368 e. The summed E-state index contributed by atoms with van der Waals surface area (Å²) in [6, 6.07) is 13.5. The van der Waals surface area contributed by atoms with Gasteiger partial charge in [0.1, 0.15) is 0 Å². The zero-order chi connectivity index (χ0) is 21.5. The van der Waals surface area contributed by atoms with Gasteiger partial charge in [-0.25, -0.2) is 4.79 Å². The van der Waals surface area contributed by atoms with Crippen LogP contribution in [0.2, 0.25) is 10.0 Å². The highest BCUT2D eigenvalue weighted by Gasteiger charge is 2.20. The summed E-state index contributed by atoms with van der Waals surface area (Å²) in [4.78, 5) is 26.6. The number of methoxy groups -OCH3 is 2. The summed E-state index contributed by atoms with van der Waals surface area (Å²) in [5, 5.41) is 4.79. The van der Waals surface area contributed by atoms with Gasteiger partial charge in [0.05, 0.1) is 37.1 Å². The Morgan fingerprint density at radius 1 is 1.03 bits per heavy atom. The van der Waals surface area contributed by atoms with Crippen molar-refractivity contribution in [1.29, 1.82) is 0 Å². The fraction of sp³-hybridized carbons (Fsp3) is 0.100. The number of benzene rings is 2. The molecule has 7 nitrogen and oxygen atoms in total. The highest BCUT2D eigenvalue weighted by molar-refractivity contribution is 7.99. The molecule has 2 aromatic carbocycles. The maximum absolute atomic E-state index is 12.6. The van der Waals surface area contributed by atoms with Gasteiger partial charge < -0.3 is 14.3 Å². The first-order valence-electron chi connectivity index (χ1n) is 8.44. The third-order valence-electron chi connectivity index (χ3n) is 3.64. The molecule has 0 atom stereocenters. The average molecular weight is 464 g/mol. The highest BCUT2D eigenvalue weighted by Crippen LogP contribution is 2.34. The van der Waals surface area contributed by atoms with Crippen LogP contribution in [0.3, 0.4) is 0 Å². The molecule has 0 fully saturated rings. The Morgan fingerprint density at radius 2 is 1.73 bits per heavy atom. The Bertz CT molecular complexity index is 1070. The lowest BCUT2D eigenvalue weighted by atomic mass is 10.2. The van der Waals surface area contributed by atoms with Gasteiger partial charge in [-0.2, -0.15) is 9.97 Å². The topological polar surface area (TPSA) is 82.9 Å². The van der Waals surface area contributed by atoms with E-state index in [4.69, 9.17) is 37.5 Å². The molecule has 1 heterocycles. The lowest BCUT2D eigenvalue weighted by Crippen LogP contribution is -2.05. The molecule has 1 aromatic heterocycles. The first kappa shape index (κ1) is 21.9. The third kappa shape index (κ3) is 5.63. The van der Waals surface area contributed by atoms with Crippen molar-refractivity contribution in [2.45, 2.75) is 10.1 Å². The maximum atomic E-state index is 12.6. The van der Waals surface area contributed by atoms with Crippen LogP contribution in [-0.2, 0) is 4.84 Å². The summed E-state index contributed by atoms with van der Waals surface area (Å²) < 4.78 is 10.3. The standard InChI is InChI=1S/C20H15Cl2N3O4S/c1-27-16-10-17(28-2)25-20(24-16)30-15-8-4-7-14(22)18(15)19(26)29-23-11-12-5-3-6-13(21)9-12/h3-11H,1-2H3/b23-11+. The predicted octanol–water partition coefficient (Wildman–Crippen LogP) is 5.14. The fourth-order valence-electron chi connectivity index (χ4n) is 2.29. The second-order valence-corrected chi connectivity index (χ2v) is 7.47. The fourth-order valence-corrected chi connectivity index (χ4v) is 3.71. The number of rotatable bonds is 7. The molecule has 0 aliphatic carbocycles. The Balaban J connectivity index is 1.83. The van der Waals surface area contributed by atoms with Crippen LogP contribution in [0.1, 0.15) is 15.9 Å². The minimum atomic E-state index is -0.726. The number of hydrogen-bond acceptors (Lipinski definition) is 8. The monoisotopic (exact) mass is 463 g/mol. The number of aromatic nitrogens is 2. The highest BCUT2D eigenvalue weighted by atomic mass is 35.5. The molecule has 0 amide bonds. The van der Waals surface area contributed by atoms with E-state index in [1.54, 1.807) is 48.5 Å². The molecule has 30 heavy (non-hydrogen) atoms. The summed E-state index contributed by atoms with van der Waals surface area (Å²) in [5.41, 5.74) is 0.818. The second kappa shape index (κ2) is 10.3. The summed E-state index contributed by atoms with van der Waals surface area (Å²) in [6.45, 7) is 0. The quantitative estimate of drug-likeness (QED) is 0.207. The van der Waals surface area contributed by atoms with Crippen molar-refractivity contribution in [3.63, 3.8) is 0 Å². The summed E-state index contributed by atoms with van der Waals surface area (Å²) in [5.74, 6) is -0.0838. The van der Waals surface area contributed by atoms with Crippen molar-refractivity contribution >= 4 is 47.1 Å². The molecule has 0 aliphatic rings. The average Bonchev–Trinajstić information content (AvgIpc) is 2.73. The predicted molar refractivity (Wildman–Crippen MR) is 115 cm³/mol. The molecule has 3 aromatic rings. The van der Waals surface area contributed by atoms with Gasteiger partial charge >= 0.3 is 5.97 Å². The van der Waals surface area contributed by atoms with E-state index >= 15 is 0 Å². The second-order valence-electron chi connectivity index (χ2n) is 5.62. The number of carbonyl (C=O) groups is 1. The molecule has 10 heteroatoms. The zero-order valence-corrected chi connectivity index (χ0v) is 18.2. The minimum absolute atomic E-state index is 0.137. The first-order valence-corrected chi connectivity index (χ1v) is 10.0.